The minimum atomic E-state index is 0.213. The Morgan fingerprint density at radius 3 is 2.33 bits per heavy atom. The second kappa shape index (κ2) is 4.57. The predicted molar refractivity (Wildman–Crippen MR) is 68.9 cm³/mol. The average molecular weight is 225 g/mol. The van der Waals surface area contributed by atoms with Crippen molar-refractivity contribution in [2.24, 2.45) is 0 Å². The van der Waals surface area contributed by atoms with E-state index in [9.17, 15) is 0 Å². The Morgan fingerprint density at radius 1 is 1.27 bits per heavy atom. The van der Waals surface area contributed by atoms with Gasteiger partial charge in [-0.3, -0.25) is 0 Å². The van der Waals surface area contributed by atoms with Gasteiger partial charge in [-0.25, -0.2) is 0 Å². The van der Waals surface area contributed by atoms with Gasteiger partial charge in [0.1, 0.15) is 0 Å². The Balaban J connectivity index is 3.35. The van der Waals surface area contributed by atoms with E-state index in [2.05, 4.69) is 46.8 Å². The Bertz CT molecular complexity index is 337. The number of halogens is 1. The Kier molecular flexibility index (Phi) is 3.83. The van der Waals surface area contributed by atoms with Crippen LogP contribution in [0.1, 0.15) is 58.1 Å². The molecule has 0 saturated carbocycles. The van der Waals surface area contributed by atoms with Gasteiger partial charge in [0.2, 0.25) is 0 Å². The predicted octanol–water partition coefficient (Wildman–Crippen LogP) is 5.15. The monoisotopic (exact) mass is 224 g/mol. The second-order valence-corrected chi connectivity index (χ2v) is 5.50. The molecule has 0 fully saturated rings. The van der Waals surface area contributed by atoms with E-state index in [1.165, 1.54) is 11.1 Å². The van der Waals surface area contributed by atoms with Crippen LogP contribution in [0.2, 0.25) is 5.02 Å². The summed E-state index contributed by atoms with van der Waals surface area (Å²) in [4.78, 5) is 0. The second-order valence-electron chi connectivity index (χ2n) is 5.09. The van der Waals surface area contributed by atoms with Crippen molar-refractivity contribution in [1.29, 1.82) is 0 Å². The summed E-state index contributed by atoms with van der Waals surface area (Å²) >= 11 is 6.29. The van der Waals surface area contributed by atoms with Gasteiger partial charge >= 0.3 is 0 Å². The van der Waals surface area contributed by atoms with E-state index in [1.54, 1.807) is 0 Å². The molecule has 0 saturated heterocycles. The molecule has 0 amide bonds. The van der Waals surface area contributed by atoms with Gasteiger partial charge in [0.25, 0.3) is 0 Å². The van der Waals surface area contributed by atoms with E-state index < -0.39 is 0 Å². The minimum absolute atomic E-state index is 0.213. The highest BCUT2D eigenvalue weighted by Crippen LogP contribution is 2.36. The molecule has 0 radical (unpaired) electrons. The van der Waals surface area contributed by atoms with Crippen molar-refractivity contribution >= 4 is 11.6 Å². The summed E-state index contributed by atoms with van der Waals surface area (Å²) in [7, 11) is 0. The Morgan fingerprint density at radius 2 is 1.87 bits per heavy atom. The van der Waals surface area contributed by atoms with E-state index in [1.807, 2.05) is 6.07 Å². The van der Waals surface area contributed by atoms with Crippen molar-refractivity contribution in [3.05, 3.63) is 34.3 Å². The van der Waals surface area contributed by atoms with Crippen LogP contribution >= 0.6 is 11.6 Å². The summed E-state index contributed by atoms with van der Waals surface area (Å²) < 4.78 is 0. The van der Waals surface area contributed by atoms with Crippen LogP contribution in [0.5, 0.6) is 0 Å². The first-order chi connectivity index (χ1) is 6.90. The van der Waals surface area contributed by atoms with Crippen LogP contribution in [0.3, 0.4) is 0 Å². The van der Waals surface area contributed by atoms with Gasteiger partial charge in [-0.15, -0.1) is 0 Å². The molecule has 0 heterocycles. The Labute approximate surface area is 98.7 Å². The van der Waals surface area contributed by atoms with Crippen molar-refractivity contribution in [1.82, 2.24) is 0 Å². The first-order valence-electron chi connectivity index (χ1n) is 5.69. The van der Waals surface area contributed by atoms with Gasteiger partial charge in [-0.05, 0) is 34.9 Å². The molecule has 1 heteroatoms. The summed E-state index contributed by atoms with van der Waals surface area (Å²) in [5.41, 5.74) is 2.92. The third-order valence-corrected chi connectivity index (χ3v) is 3.57. The zero-order valence-electron chi connectivity index (χ0n) is 10.4. The maximum atomic E-state index is 6.29. The normalized spacial score (nSPS) is 12.2. The maximum Gasteiger partial charge on any atom is 0.0443 e. The molecule has 15 heavy (non-hydrogen) atoms. The molecule has 0 atom stereocenters. The molecule has 0 unspecified atom stereocenters. The first kappa shape index (κ1) is 12.6. The minimum Gasteiger partial charge on any atom is -0.0840 e. The summed E-state index contributed by atoms with van der Waals surface area (Å²) in [6.07, 6.45) is 1.13. The highest BCUT2D eigenvalue weighted by Gasteiger charge is 2.23. The molecule has 1 rings (SSSR count). The molecule has 1 aromatic carbocycles. The molecule has 0 N–H and O–H groups in total. The van der Waals surface area contributed by atoms with Crippen LogP contribution in [-0.4, -0.2) is 0 Å². The van der Waals surface area contributed by atoms with Crippen LogP contribution in [-0.2, 0) is 5.41 Å². The lowest BCUT2D eigenvalue weighted by molar-refractivity contribution is 0.498. The zero-order chi connectivity index (χ0) is 11.6. The van der Waals surface area contributed by atoms with Gasteiger partial charge in [-0.1, -0.05) is 58.4 Å². The van der Waals surface area contributed by atoms with E-state index in [0.717, 1.165) is 11.4 Å². The summed E-state index contributed by atoms with van der Waals surface area (Å²) in [6.45, 7) is 11.2. The fourth-order valence-electron chi connectivity index (χ4n) is 1.90. The number of rotatable bonds is 3. The van der Waals surface area contributed by atoms with Gasteiger partial charge < -0.3 is 0 Å². The molecule has 0 spiro atoms. The largest absolute Gasteiger partial charge is 0.0840 e. The van der Waals surface area contributed by atoms with Crippen molar-refractivity contribution in [2.45, 2.75) is 52.4 Å². The topological polar surface area (TPSA) is 0 Å². The molecule has 1 aromatic rings. The number of hydrogen-bond donors (Lipinski definition) is 0. The molecule has 84 valence electrons. The summed E-state index contributed by atoms with van der Waals surface area (Å²) in [5.74, 6) is 0.486. The van der Waals surface area contributed by atoms with Crippen molar-refractivity contribution in [3.8, 4) is 0 Å². The summed E-state index contributed by atoms with van der Waals surface area (Å²) in [6, 6.07) is 6.26. The van der Waals surface area contributed by atoms with Crippen molar-refractivity contribution < 1.29 is 0 Å². The first-order valence-corrected chi connectivity index (χ1v) is 6.06. The number of hydrogen-bond acceptors (Lipinski definition) is 0. The smallest absolute Gasteiger partial charge is 0.0443 e. The zero-order valence-corrected chi connectivity index (χ0v) is 11.2. The molecule has 0 aliphatic heterocycles. The molecule has 0 aliphatic rings. The maximum absolute atomic E-state index is 6.29. The van der Waals surface area contributed by atoms with Crippen molar-refractivity contribution in [2.75, 3.05) is 0 Å². The quantitative estimate of drug-likeness (QED) is 0.666. The fourth-order valence-corrected chi connectivity index (χ4v) is 2.30. The summed E-state index contributed by atoms with van der Waals surface area (Å²) in [5, 5.41) is 0.907. The third kappa shape index (κ3) is 2.55. The van der Waals surface area contributed by atoms with Crippen LogP contribution in [0.25, 0.3) is 0 Å². The van der Waals surface area contributed by atoms with Gasteiger partial charge in [0.15, 0.2) is 0 Å². The number of benzene rings is 1. The lowest BCUT2D eigenvalue weighted by Gasteiger charge is -2.28. The molecular formula is C14H21Cl. The van der Waals surface area contributed by atoms with E-state index in [-0.39, 0.29) is 5.41 Å². The third-order valence-electron chi connectivity index (χ3n) is 3.24. The molecule has 0 aromatic heterocycles. The molecule has 0 nitrogen and oxygen atoms in total. The van der Waals surface area contributed by atoms with E-state index in [4.69, 9.17) is 11.6 Å². The van der Waals surface area contributed by atoms with Gasteiger partial charge in [-0.2, -0.15) is 0 Å². The average Bonchev–Trinajstić information content (AvgIpc) is 2.16. The highest BCUT2D eigenvalue weighted by molar-refractivity contribution is 6.31. The van der Waals surface area contributed by atoms with Crippen LogP contribution in [0.4, 0.5) is 0 Å². The van der Waals surface area contributed by atoms with Gasteiger partial charge in [0.05, 0.1) is 0 Å². The SMILES string of the molecule is CCC(C)(C)c1cccc(Cl)c1C(C)C. The lowest BCUT2D eigenvalue weighted by atomic mass is 9.77. The molecular weight excluding hydrogens is 204 g/mol. The standard InChI is InChI=1S/C14H21Cl/c1-6-14(4,5)11-8-7-9-12(15)13(11)10(2)3/h7-10H,6H2,1-5H3. The van der Waals surface area contributed by atoms with Crippen molar-refractivity contribution in [3.63, 3.8) is 0 Å². The van der Waals surface area contributed by atoms with Crippen LogP contribution < -0.4 is 0 Å². The van der Waals surface area contributed by atoms with E-state index >= 15 is 0 Å². The molecule has 0 bridgehead atoms. The fraction of sp³-hybridized carbons (Fsp3) is 0.571. The molecule has 0 aliphatic carbocycles. The lowest BCUT2D eigenvalue weighted by Crippen LogP contribution is -2.18. The van der Waals surface area contributed by atoms with Gasteiger partial charge in [0, 0.05) is 5.02 Å². The Hall–Kier alpha value is -0.490. The van der Waals surface area contributed by atoms with Crippen LogP contribution in [0, 0.1) is 0 Å². The highest BCUT2D eigenvalue weighted by atomic mass is 35.5. The van der Waals surface area contributed by atoms with E-state index in [0.29, 0.717) is 5.92 Å². The van der Waals surface area contributed by atoms with Crippen LogP contribution in [0.15, 0.2) is 18.2 Å².